The van der Waals surface area contributed by atoms with E-state index >= 15 is 0 Å². The molecule has 1 aliphatic heterocycles. The van der Waals surface area contributed by atoms with E-state index in [1.165, 1.54) is 6.33 Å². The summed E-state index contributed by atoms with van der Waals surface area (Å²) in [5, 5.41) is 0.328. The van der Waals surface area contributed by atoms with Gasteiger partial charge in [0.25, 0.3) is 0 Å². The van der Waals surface area contributed by atoms with Gasteiger partial charge in [0, 0.05) is 20.1 Å². The number of methoxy groups -OCH3 is 1. The number of para-hydroxylation sites is 2. The van der Waals surface area contributed by atoms with Gasteiger partial charge >= 0.3 is 0 Å². The van der Waals surface area contributed by atoms with Gasteiger partial charge in [0.05, 0.1) is 18.5 Å². The van der Waals surface area contributed by atoms with Crippen molar-refractivity contribution in [2.24, 2.45) is 0 Å². The van der Waals surface area contributed by atoms with Gasteiger partial charge in [0.1, 0.15) is 6.33 Å². The molecule has 0 fully saturated rings. The first-order valence-corrected chi connectivity index (χ1v) is 6.72. The second-order valence-electron chi connectivity index (χ2n) is 4.58. The lowest BCUT2D eigenvalue weighted by Gasteiger charge is -2.36. The first-order chi connectivity index (χ1) is 9.72. The minimum atomic E-state index is 0.328. The summed E-state index contributed by atoms with van der Waals surface area (Å²) in [6.07, 6.45) is 1.46. The lowest BCUT2D eigenvalue weighted by molar-refractivity contribution is 0.411. The van der Waals surface area contributed by atoms with Crippen molar-refractivity contribution in [1.82, 2.24) is 9.97 Å². The predicted molar refractivity (Wildman–Crippen MR) is 80.3 cm³/mol. The molecule has 0 aliphatic carbocycles. The van der Waals surface area contributed by atoms with Crippen molar-refractivity contribution in [3.8, 4) is 5.75 Å². The quantitative estimate of drug-likeness (QED) is 0.796. The molecule has 0 bridgehead atoms. The lowest BCUT2D eigenvalue weighted by Crippen LogP contribution is -2.37. The van der Waals surface area contributed by atoms with Crippen LogP contribution < -0.4 is 14.5 Å². The standard InChI is InChI=1S/C14H15ClN4O/c1-18-7-8-19(11-6-4-3-5-10(11)18)14-12(20-2)13(15)16-9-17-14/h3-6,9H,7-8H2,1-2H3. The summed E-state index contributed by atoms with van der Waals surface area (Å²) in [5.74, 6) is 1.21. The van der Waals surface area contributed by atoms with Crippen LogP contribution >= 0.6 is 11.6 Å². The first-order valence-electron chi connectivity index (χ1n) is 6.34. The maximum atomic E-state index is 6.09. The number of ether oxygens (including phenoxy) is 1. The minimum absolute atomic E-state index is 0.328. The van der Waals surface area contributed by atoms with E-state index in [-0.39, 0.29) is 0 Å². The molecule has 1 aromatic heterocycles. The molecule has 2 heterocycles. The van der Waals surface area contributed by atoms with Gasteiger partial charge in [-0.05, 0) is 12.1 Å². The average molecular weight is 291 g/mol. The molecule has 0 N–H and O–H groups in total. The number of hydrogen-bond acceptors (Lipinski definition) is 5. The van der Waals surface area contributed by atoms with Crippen molar-refractivity contribution in [3.05, 3.63) is 35.7 Å². The molecular weight excluding hydrogens is 276 g/mol. The van der Waals surface area contributed by atoms with E-state index in [0.717, 1.165) is 24.5 Å². The van der Waals surface area contributed by atoms with Crippen LogP contribution in [0, 0.1) is 0 Å². The monoisotopic (exact) mass is 290 g/mol. The summed E-state index contributed by atoms with van der Waals surface area (Å²) in [6.45, 7) is 1.72. The zero-order chi connectivity index (χ0) is 14.1. The van der Waals surface area contributed by atoms with Crippen LogP contribution in [0.3, 0.4) is 0 Å². The molecule has 104 valence electrons. The average Bonchev–Trinajstić information content (AvgIpc) is 2.48. The number of rotatable bonds is 2. The Hall–Kier alpha value is -2.01. The van der Waals surface area contributed by atoms with Crippen LogP contribution in [0.15, 0.2) is 30.6 Å². The molecule has 3 rings (SSSR count). The molecule has 6 heteroatoms. The van der Waals surface area contributed by atoms with Crippen LogP contribution in [-0.4, -0.2) is 37.2 Å². The summed E-state index contributed by atoms with van der Waals surface area (Å²) in [5.41, 5.74) is 2.25. The number of benzene rings is 1. The van der Waals surface area contributed by atoms with Crippen molar-refractivity contribution in [1.29, 1.82) is 0 Å². The number of likely N-dealkylation sites (N-methyl/N-ethyl adjacent to an activating group) is 1. The number of aromatic nitrogens is 2. The van der Waals surface area contributed by atoms with Gasteiger partial charge in [-0.1, -0.05) is 23.7 Å². The fourth-order valence-electron chi connectivity index (χ4n) is 2.44. The van der Waals surface area contributed by atoms with Gasteiger partial charge < -0.3 is 14.5 Å². The van der Waals surface area contributed by atoms with Gasteiger partial charge in [-0.2, -0.15) is 0 Å². The van der Waals surface area contributed by atoms with E-state index in [1.54, 1.807) is 7.11 Å². The van der Waals surface area contributed by atoms with Crippen LogP contribution in [0.4, 0.5) is 17.2 Å². The topological polar surface area (TPSA) is 41.5 Å². The third kappa shape index (κ3) is 2.04. The number of fused-ring (bicyclic) bond motifs is 1. The molecule has 1 aromatic carbocycles. The highest BCUT2D eigenvalue weighted by Gasteiger charge is 2.25. The van der Waals surface area contributed by atoms with Crippen LogP contribution in [0.5, 0.6) is 5.75 Å². The molecule has 0 saturated heterocycles. The zero-order valence-electron chi connectivity index (χ0n) is 11.4. The summed E-state index contributed by atoms with van der Waals surface area (Å²) >= 11 is 6.09. The molecule has 0 spiro atoms. The summed E-state index contributed by atoms with van der Waals surface area (Å²) < 4.78 is 5.36. The number of anilines is 3. The second kappa shape index (κ2) is 5.17. The highest BCUT2D eigenvalue weighted by molar-refractivity contribution is 6.31. The Kier molecular flexibility index (Phi) is 3.36. The van der Waals surface area contributed by atoms with E-state index in [2.05, 4.69) is 38.9 Å². The van der Waals surface area contributed by atoms with Crippen molar-refractivity contribution >= 4 is 28.8 Å². The molecular formula is C14H15ClN4O. The number of nitrogens with zero attached hydrogens (tertiary/aromatic N) is 4. The van der Waals surface area contributed by atoms with Crippen LogP contribution in [0.1, 0.15) is 0 Å². The van der Waals surface area contributed by atoms with Gasteiger partial charge in [-0.25, -0.2) is 9.97 Å². The highest BCUT2D eigenvalue weighted by atomic mass is 35.5. The molecule has 0 saturated carbocycles. The van der Waals surface area contributed by atoms with E-state index in [1.807, 2.05) is 12.1 Å². The molecule has 20 heavy (non-hydrogen) atoms. The fraction of sp³-hybridized carbons (Fsp3) is 0.286. The molecule has 0 atom stereocenters. The third-order valence-corrected chi connectivity index (χ3v) is 3.71. The number of halogens is 1. The van der Waals surface area contributed by atoms with Crippen LogP contribution in [0.25, 0.3) is 0 Å². The first kappa shape index (κ1) is 13.0. The Morgan fingerprint density at radius 2 is 1.90 bits per heavy atom. The Bertz CT molecular complexity index is 634. The fourth-order valence-corrected chi connectivity index (χ4v) is 2.64. The Morgan fingerprint density at radius 1 is 1.15 bits per heavy atom. The van der Waals surface area contributed by atoms with Gasteiger partial charge in [0.15, 0.2) is 16.7 Å². The molecule has 5 nitrogen and oxygen atoms in total. The number of hydrogen-bond donors (Lipinski definition) is 0. The van der Waals surface area contributed by atoms with Crippen molar-refractivity contribution in [3.63, 3.8) is 0 Å². The van der Waals surface area contributed by atoms with Gasteiger partial charge in [0.2, 0.25) is 0 Å². The zero-order valence-corrected chi connectivity index (χ0v) is 12.1. The third-order valence-electron chi connectivity index (χ3n) is 3.44. The van der Waals surface area contributed by atoms with E-state index in [0.29, 0.717) is 16.7 Å². The maximum absolute atomic E-state index is 6.09. The molecule has 0 radical (unpaired) electrons. The molecule has 0 unspecified atom stereocenters. The van der Waals surface area contributed by atoms with Crippen molar-refractivity contribution in [2.45, 2.75) is 0 Å². The Balaban J connectivity index is 2.13. The van der Waals surface area contributed by atoms with Gasteiger partial charge in [-0.15, -0.1) is 0 Å². The molecule has 1 aliphatic rings. The molecule has 2 aromatic rings. The van der Waals surface area contributed by atoms with E-state index in [9.17, 15) is 0 Å². The summed E-state index contributed by atoms with van der Waals surface area (Å²) in [7, 11) is 3.66. The van der Waals surface area contributed by atoms with Crippen molar-refractivity contribution in [2.75, 3.05) is 37.0 Å². The lowest BCUT2D eigenvalue weighted by atomic mass is 10.1. The predicted octanol–water partition coefficient (Wildman–Crippen LogP) is 2.73. The van der Waals surface area contributed by atoms with Crippen LogP contribution in [0.2, 0.25) is 5.15 Å². The summed E-state index contributed by atoms with van der Waals surface area (Å²) in [6, 6.07) is 8.21. The largest absolute Gasteiger partial charge is 0.490 e. The highest BCUT2D eigenvalue weighted by Crippen LogP contribution is 2.41. The van der Waals surface area contributed by atoms with E-state index in [4.69, 9.17) is 16.3 Å². The SMILES string of the molecule is COc1c(Cl)ncnc1N1CCN(C)c2ccccc21. The van der Waals surface area contributed by atoms with Gasteiger partial charge in [-0.3, -0.25) is 0 Å². The minimum Gasteiger partial charge on any atom is -0.490 e. The van der Waals surface area contributed by atoms with Crippen molar-refractivity contribution < 1.29 is 4.74 Å². The maximum Gasteiger partial charge on any atom is 0.199 e. The normalized spacial score (nSPS) is 14.2. The second-order valence-corrected chi connectivity index (χ2v) is 4.94. The van der Waals surface area contributed by atoms with Crippen LogP contribution in [-0.2, 0) is 0 Å². The Morgan fingerprint density at radius 3 is 2.65 bits per heavy atom. The Labute approximate surface area is 122 Å². The smallest absolute Gasteiger partial charge is 0.199 e. The molecule has 0 amide bonds. The summed E-state index contributed by atoms with van der Waals surface area (Å²) in [4.78, 5) is 12.6. The van der Waals surface area contributed by atoms with E-state index < -0.39 is 0 Å².